The highest BCUT2D eigenvalue weighted by atomic mass is 16.3. The van der Waals surface area contributed by atoms with E-state index in [9.17, 15) is 15.0 Å². The van der Waals surface area contributed by atoms with E-state index in [1.807, 2.05) is 0 Å². The van der Waals surface area contributed by atoms with E-state index in [1.165, 1.54) is 31.3 Å². The zero-order chi connectivity index (χ0) is 24.4. The van der Waals surface area contributed by atoms with Crippen molar-refractivity contribution in [1.29, 1.82) is 0 Å². The molecule has 33 heavy (non-hydrogen) atoms. The molecule has 11 atom stereocenters. The number of aliphatic hydroxyl groups excluding tert-OH is 2. The zero-order valence-corrected chi connectivity index (χ0v) is 22.2. The summed E-state index contributed by atoms with van der Waals surface area (Å²) in [5, 5.41) is 23.5. The van der Waals surface area contributed by atoms with E-state index in [4.69, 9.17) is 0 Å². The summed E-state index contributed by atoms with van der Waals surface area (Å²) in [6.45, 7) is 20.5. The lowest BCUT2D eigenvalue weighted by Gasteiger charge is -2.73. The molecule has 3 heteroatoms. The van der Waals surface area contributed by atoms with Gasteiger partial charge in [-0.1, -0.05) is 53.7 Å². The summed E-state index contributed by atoms with van der Waals surface area (Å²) in [6.07, 6.45) is 7.01. The Balaban J connectivity index is 1.62. The van der Waals surface area contributed by atoms with Gasteiger partial charge in [0.15, 0.2) is 0 Å². The van der Waals surface area contributed by atoms with Crippen molar-refractivity contribution in [2.45, 2.75) is 112 Å². The molecule has 5 fully saturated rings. The lowest BCUT2D eigenvalue weighted by molar-refractivity contribution is -0.282. The highest BCUT2D eigenvalue weighted by molar-refractivity contribution is 5.86. The Morgan fingerprint density at radius 2 is 1.61 bits per heavy atom. The summed E-state index contributed by atoms with van der Waals surface area (Å²) in [4.78, 5) is 13.0. The minimum Gasteiger partial charge on any atom is -0.393 e. The maximum atomic E-state index is 13.0. The number of hydrogen-bond donors (Lipinski definition) is 2. The number of fused-ring (bicyclic) bond motifs is 7. The molecule has 0 bridgehead atoms. The van der Waals surface area contributed by atoms with Gasteiger partial charge in [0.2, 0.25) is 0 Å². The highest BCUT2D eigenvalue weighted by Crippen LogP contribution is 2.77. The van der Waals surface area contributed by atoms with Crippen LogP contribution < -0.4 is 0 Å². The largest absolute Gasteiger partial charge is 0.393 e. The van der Waals surface area contributed by atoms with Crippen LogP contribution in [-0.4, -0.2) is 28.2 Å². The van der Waals surface area contributed by atoms with Crippen molar-refractivity contribution in [2.75, 3.05) is 0 Å². The molecular weight excluding hydrogens is 408 g/mol. The lowest BCUT2D eigenvalue weighted by Crippen LogP contribution is -2.72. The first-order chi connectivity index (χ1) is 15.1. The van der Waals surface area contributed by atoms with Gasteiger partial charge in [-0.2, -0.15) is 0 Å². The Labute approximate surface area is 201 Å². The van der Waals surface area contributed by atoms with Crippen molar-refractivity contribution < 1.29 is 15.0 Å². The molecule has 3 nitrogen and oxygen atoms in total. The summed E-state index contributed by atoms with van der Waals surface area (Å²) in [7, 11) is 0. The molecule has 0 spiro atoms. The number of carbonyl (C=O) groups excluding carboxylic acids is 1. The van der Waals surface area contributed by atoms with E-state index < -0.39 is 23.0 Å². The molecule has 186 valence electrons. The Morgan fingerprint density at radius 3 is 2.24 bits per heavy atom. The maximum Gasteiger partial charge on any atom is 0.141 e. The number of hydrogen-bond acceptors (Lipinski definition) is 3. The van der Waals surface area contributed by atoms with Gasteiger partial charge >= 0.3 is 0 Å². The Kier molecular flexibility index (Phi) is 5.07. The van der Waals surface area contributed by atoms with Crippen LogP contribution in [0.1, 0.15) is 99.8 Å². The molecule has 0 aromatic carbocycles. The van der Waals surface area contributed by atoms with Gasteiger partial charge < -0.3 is 10.2 Å². The molecule has 0 amide bonds. The Bertz CT molecular complexity index is 876. The van der Waals surface area contributed by atoms with Gasteiger partial charge in [-0.05, 0) is 97.7 Å². The van der Waals surface area contributed by atoms with Crippen LogP contribution in [0.4, 0.5) is 0 Å². The number of allylic oxidation sites excluding steroid dienone is 1. The van der Waals surface area contributed by atoms with Crippen LogP contribution in [0.25, 0.3) is 0 Å². The number of Topliss-reactive ketones (excluding diaryl/α,β-unsaturated/α-hetero) is 1. The van der Waals surface area contributed by atoms with Gasteiger partial charge in [-0.15, -0.1) is 0 Å². The molecule has 0 aliphatic heterocycles. The minimum atomic E-state index is -0.661. The van der Waals surface area contributed by atoms with Gasteiger partial charge in [-0.25, -0.2) is 0 Å². The normalized spacial score (nSPS) is 57.5. The average molecular weight is 457 g/mol. The van der Waals surface area contributed by atoms with Crippen molar-refractivity contribution in [3.63, 3.8) is 0 Å². The van der Waals surface area contributed by atoms with Gasteiger partial charge in [0.25, 0.3) is 0 Å². The monoisotopic (exact) mass is 456 g/mol. The smallest absolute Gasteiger partial charge is 0.141 e. The highest BCUT2D eigenvalue weighted by Gasteiger charge is 2.73. The molecule has 2 N–H and O–H groups in total. The molecule has 5 aliphatic carbocycles. The molecule has 0 unspecified atom stereocenters. The molecular formula is C30H48O3. The average Bonchev–Trinajstić information content (AvgIpc) is 3.06. The fourth-order valence-electron chi connectivity index (χ4n) is 11.3. The van der Waals surface area contributed by atoms with Crippen LogP contribution in [-0.2, 0) is 4.79 Å². The second-order valence-electron chi connectivity index (χ2n) is 14.7. The van der Waals surface area contributed by atoms with Gasteiger partial charge in [-0.3, -0.25) is 4.79 Å². The molecule has 0 heterocycles. The third-order valence-electron chi connectivity index (χ3n) is 13.3. The van der Waals surface area contributed by atoms with Crippen molar-refractivity contribution >= 4 is 5.78 Å². The van der Waals surface area contributed by atoms with Crippen molar-refractivity contribution in [3.8, 4) is 0 Å². The summed E-state index contributed by atoms with van der Waals surface area (Å²) in [5.74, 6) is 2.00. The van der Waals surface area contributed by atoms with Crippen molar-refractivity contribution in [3.05, 3.63) is 12.2 Å². The third kappa shape index (κ3) is 2.73. The fourth-order valence-corrected chi connectivity index (χ4v) is 11.3. The third-order valence-corrected chi connectivity index (χ3v) is 13.3. The van der Waals surface area contributed by atoms with Crippen molar-refractivity contribution in [1.82, 2.24) is 0 Å². The molecule has 0 radical (unpaired) electrons. The molecule has 5 saturated carbocycles. The van der Waals surface area contributed by atoms with Gasteiger partial charge in [0.1, 0.15) is 5.78 Å². The SMILES string of the molecule is C=C(C)[C@@H]1CC[C@]2(C)CC[C@]3(C)[C@H](C[C@@H](O)[C@@H]4[C@@]5(C)[C@H](O)CC(=O)C(C)(C)[C@@H]5CC[C@]43C)[C@@H]12. The number of ketones is 1. The Morgan fingerprint density at radius 1 is 0.939 bits per heavy atom. The molecule has 5 rings (SSSR count). The number of rotatable bonds is 1. The first kappa shape index (κ1) is 24.0. The first-order valence-corrected chi connectivity index (χ1v) is 13.7. The van der Waals surface area contributed by atoms with Crippen molar-refractivity contribution in [2.24, 2.45) is 56.7 Å². The minimum absolute atomic E-state index is 0.0291. The summed E-state index contributed by atoms with van der Waals surface area (Å²) in [6, 6.07) is 0. The van der Waals surface area contributed by atoms with Crippen LogP contribution in [0.15, 0.2) is 12.2 Å². The van der Waals surface area contributed by atoms with E-state index in [0.29, 0.717) is 23.2 Å². The second kappa shape index (κ2) is 6.96. The van der Waals surface area contributed by atoms with Gasteiger partial charge in [0.05, 0.1) is 12.2 Å². The van der Waals surface area contributed by atoms with Crippen LogP contribution in [0, 0.1) is 56.7 Å². The van der Waals surface area contributed by atoms with Crippen LogP contribution in [0.2, 0.25) is 0 Å². The number of carbonyl (C=O) groups is 1. The van der Waals surface area contributed by atoms with E-state index >= 15 is 0 Å². The standard InChI is InChI=1S/C30H48O3/c1-17(2)18-9-11-27(5)13-14-28(6)19(24(18)27)15-20(31)25-29(28,7)12-10-21-26(3,4)22(32)16-23(33)30(21,25)8/h18-21,23-25,31,33H,1,9-16H2,2-8H3/t18-,19+,20+,21-,23+,24+,25-,27+,28+,29+,30+/m0/s1. The first-order valence-electron chi connectivity index (χ1n) is 13.7. The summed E-state index contributed by atoms with van der Waals surface area (Å²) < 4.78 is 0. The Hall–Kier alpha value is -0.670. The molecule has 0 saturated heterocycles. The van der Waals surface area contributed by atoms with Gasteiger partial charge in [0, 0.05) is 17.3 Å². The van der Waals surface area contributed by atoms with E-state index in [-0.39, 0.29) is 34.9 Å². The number of aliphatic hydroxyl groups is 2. The quantitative estimate of drug-likeness (QED) is 0.464. The zero-order valence-electron chi connectivity index (χ0n) is 22.2. The molecule has 0 aromatic heterocycles. The van der Waals surface area contributed by atoms with E-state index in [2.05, 4.69) is 55.0 Å². The van der Waals surface area contributed by atoms with Crippen LogP contribution >= 0.6 is 0 Å². The predicted molar refractivity (Wildman–Crippen MR) is 132 cm³/mol. The van der Waals surface area contributed by atoms with Crippen LogP contribution in [0.5, 0.6) is 0 Å². The second-order valence-corrected chi connectivity index (χ2v) is 14.7. The molecule has 0 aromatic rings. The predicted octanol–water partition coefficient (Wildman–Crippen LogP) is 6.17. The topological polar surface area (TPSA) is 57.5 Å². The van der Waals surface area contributed by atoms with E-state index in [1.54, 1.807) is 0 Å². The summed E-state index contributed by atoms with van der Waals surface area (Å²) >= 11 is 0. The van der Waals surface area contributed by atoms with Crippen LogP contribution in [0.3, 0.4) is 0 Å². The molecule has 5 aliphatic rings. The summed E-state index contributed by atoms with van der Waals surface area (Å²) in [5.41, 5.74) is 0.917. The van der Waals surface area contributed by atoms with E-state index in [0.717, 1.165) is 19.3 Å². The maximum absolute atomic E-state index is 13.0. The lowest BCUT2D eigenvalue weighted by atomic mass is 9.31. The fraction of sp³-hybridized carbons (Fsp3) is 0.900.